The summed E-state index contributed by atoms with van der Waals surface area (Å²) in [5.74, 6) is 0. The molecule has 0 spiro atoms. The maximum Gasteiger partial charge on any atom is 0.124 e. The first-order valence-electron chi connectivity index (χ1n) is 4.83. The number of hydrogen-bond acceptors (Lipinski definition) is 3. The van der Waals surface area contributed by atoms with Gasteiger partial charge in [0.2, 0.25) is 0 Å². The predicted molar refractivity (Wildman–Crippen MR) is 50.1 cm³/mol. The minimum absolute atomic E-state index is 0.531. The van der Waals surface area contributed by atoms with Gasteiger partial charge < -0.3 is 9.84 Å². The second kappa shape index (κ2) is 3.14. The first kappa shape index (κ1) is 8.75. The van der Waals surface area contributed by atoms with Gasteiger partial charge in [0, 0.05) is 18.7 Å². The largest absolute Gasteiger partial charge is 0.364 e. The molecule has 0 aromatic carbocycles. The van der Waals surface area contributed by atoms with Crippen LogP contribution in [0.15, 0.2) is 16.9 Å². The molecule has 0 radical (unpaired) electrons. The summed E-state index contributed by atoms with van der Waals surface area (Å²) in [4.78, 5) is 0. The lowest BCUT2D eigenvalue weighted by atomic mass is 10.0. The summed E-state index contributed by atoms with van der Waals surface area (Å²) in [6.45, 7) is 5.38. The van der Waals surface area contributed by atoms with Crippen LogP contribution >= 0.6 is 0 Å². The molecule has 3 heteroatoms. The Morgan fingerprint density at radius 1 is 1.69 bits per heavy atom. The second-order valence-electron chi connectivity index (χ2n) is 4.25. The normalized spacial score (nSPS) is 21.4. The lowest BCUT2D eigenvalue weighted by Gasteiger charge is -2.19. The highest BCUT2D eigenvalue weighted by molar-refractivity contribution is 4.99. The van der Waals surface area contributed by atoms with E-state index < -0.39 is 0 Å². The summed E-state index contributed by atoms with van der Waals surface area (Å²) in [6, 6.07) is 2.47. The van der Waals surface area contributed by atoms with Gasteiger partial charge in [-0.15, -0.1) is 0 Å². The third-order valence-corrected chi connectivity index (χ3v) is 3.16. The lowest BCUT2D eigenvalue weighted by molar-refractivity contribution is 0.366. The molecule has 2 rings (SSSR count). The molecule has 1 aromatic heterocycles. The first-order valence-corrected chi connectivity index (χ1v) is 4.83. The molecule has 1 atom stereocenters. The fourth-order valence-corrected chi connectivity index (χ4v) is 1.46. The van der Waals surface area contributed by atoms with E-state index >= 15 is 0 Å². The standard InChI is InChI=1S/C10H16N2O/c1-8(10(2)4-5-10)11-7-9-3-6-13-12-9/h3,6,8,11H,4-5,7H2,1-2H3. The van der Waals surface area contributed by atoms with Crippen LogP contribution in [-0.2, 0) is 6.54 Å². The SMILES string of the molecule is CC(NCc1ccon1)C1(C)CC1. The van der Waals surface area contributed by atoms with E-state index in [4.69, 9.17) is 4.52 Å². The minimum Gasteiger partial charge on any atom is -0.364 e. The van der Waals surface area contributed by atoms with Crippen molar-refractivity contribution in [3.63, 3.8) is 0 Å². The van der Waals surface area contributed by atoms with Gasteiger partial charge in [0.15, 0.2) is 0 Å². The van der Waals surface area contributed by atoms with E-state index in [0.717, 1.165) is 12.2 Å². The van der Waals surface area contributed by atoms with Crippen LogP contribution in [0.5, 0.6) is 0 Å². The van der Waals surface area contributed by atoms with E-state index in [1.54, 1.807) is 6.26 Å². The Bertz CT molecular complexity index is 264. The van der Waals surface area contributed by atoms with Gasteiger partial charge in [-0.3, -0.25) is 0 Å². The quantitative estimate of drug-likeness (QED) is 0.769. The highest BCUT2D eigenvalue weighted by atomic mass is 16.5. The summed E-state index contributed by atoms with van der Waals surface area (Å²) in [6.07, 6.45) is 4.31. The molecule has 0 aliphatic heterocycles. The van der Waals surface area contributed by atoms with Crippen LogP contribution in [0.4, 0.5) is 0 Å². The molecule has 1 aliphatic rings. The summed E-state index contributed by atoms with van der Waals surface area (Å²) >= 11 is 0. The van der Waals surface area contributed by atoms with Crippen LogP contribution in [0.1, 0.15) is 32.4 Å². The van der Waals surface area contributed by atoms with Gasteiger partial charge in [0.25, 0.3) is 0 Å². The van der Waals surface area contributed by atoms with Crippen LogP contribution in [-0.4, -0.2) is 11.2 Å². The van der Waals surface area contributed by atoms with Crippen molar-refractivity contribution in [1.29, 1.82) is 0 Å². The van der Waals surface area contributed by atoms with Crippen molar-refractivity contribution in [2.24, 2.45) is 5.41 Å². The molecule has 0 saturated heterocycles. The van der Waals surface area contributed by atoms with Gasteiger partial charge in [0.05, 0.1) is 5.69 Å². The molecule has 1 unspecified atom stereocenters. The van der Waals surface area contributed by atoms with Gasteiger partial charge in [0.1, 0.15) is 6.26 Å². The minimum atomic E-state index is 0.531. The molecule has 1 heterocycles. The number of rotatable bonds is 4. The van der Waals surface area contributed by atoms with Crippen LogP contribution in [0.2, 0.25) is 0 Å². The van der Waals surface area contributed by atoms with Gasteiger partial charge in [-0.2, -0.15) is 0 Å². The van der Waals surface area contributed by atoms with Gasteiger partial charge in [-0.1, -0.05) is 12.1 Å². The average Bonchev–Trinajstić information content (AvgIpc) is 2.70. The van der Waals surface area contributed by atoms with Crippen molar-refractivity contribution >= 4 is 0 Å². The lowest BCUT2D eigenvalue weighted by Crippen LogP contribution is -2.32. The van der Waals surface area contributed by atoms with E-state index in [0.29, 0.717) is 11.5 Å². The average molecular weight is 180 g/mol. The molecule has 0 bridgehead atoms. The van der Waals surface area contributed by atoms with Crippen molar-refractivity contribution < 1.29 is 4.52 Å². The third kappa shape index (κ3) is 1.91. The number of hydrogen-bond donors (Lipinski definition) is 1. The molecule has 1 aliphatic carbocycles. The number of nitrogens with zero attached hydrogens (tertiary/aromatic N) is 1. The Kier molecular flexibility index (Phi) is 2.12. The predicted octanol–water partition coefficient (Wildman–Crippen LogP) is 1.95. The Hall–Kier alpha value is -0.830. The Labute approximate surface area is 78.5 Å². The summed E-state index contributed by atoms with van der Waals surface area (Å²) in [5.41, 5.74) is 1.51. The van der Waals surface area contributed by atoms with E-state index in [2.05, 4.69) is 24.3 Å². The van der Waals surface area contributed by atoms with Gasteiger partial charge in [-0.05, 0) is 25.2 Å². The number of nitrogens with one attached hydrogen (secondary N) is 1. The van der Waals surface area contributed by atoms with Gasteiger partial charge >= 0.3 is 0 Å². The molecule has 1 fully saturated rings. The highest BCUT2D eigenvalue weighted by Gasteiger charge is 2.42. The van der Waals surface area contributed by atoms with Crippen molar-refractivity contribution in [3.8, 4) is 0 Å². The molecule has 13 heavy (non-hydrogen) atoms. The molecule has 1 aromatic rings. The maximum atomic E-state index is 4.76. The molecular weight excluding hydrogens is 164 g/mol. The summed E-state index contributed by atoms with van der Waals surface area (Å²) < 4.78 is 4.76. The smallest absolute Gasteiger partial charge is 0.124 e. The monoisotopic (exact) mass is 180 g/mol. The molecule has 1 N–H and O–H groups in total. The van der Waals surface area contributed by atoms with Crippen LogP contribution < -0.4 is 5.32 Å². The fraction of sp³-hybridized carbons (Fsp3) is 0.700. The third-order valence-electron chi connectivity index (χ3n) is 3.16. The molecule has 3 nitrogen and oxygen atoms in total. The van der Waals surface area contributed by atoms with Crippen molar-refractivity contribution in [3.05, 3.63) is 18.0 Å². The first-order chi connectivity index (χ1) is 6.21. The second-order valence-corrected chi connectivity index (χ2v) is 4.25. The Balaban J connectivity index is 1.79. The molecule has 1 saturated carbocycles. The zero-order valence-electron chi connectivity index (χ0n) is 8.21. The Morgan fingerprint density at radius 3 is 3.00 bits per heavy atom. The van der Waals surface area contributed by atoms with Crippen LogP contribution in [0.25, 0.3) is 0 Å². The number of aromatic nitrogens is 1. The van der Waals surface area contributed by atoms with Crippen molar-refractivity contribution in [2.75, 3.05) is 0 Å². The molecular formula is C10H16N2O. The highest BCUT2D eigenvalue weighted by Crippen LogP contribution is 2.47. The summed E-state index contributed by atoms with van der Waals surface area (Å²) in [5, 5.41) is 7.32. The van der Waals surface area contributed by atoms with Gasteiger partial charge in [-0.25, -0.2) is 0 Å². The molecule has 72 valence electrons. The van der Waals surface area contributed by atoms with E-state index in [9.17, 15) is 0 Å². The summed E-state index contributed by atoms with van der Waals surface area (Å²) in [7, 11) is 0. The van der Waals surface area contributed by atoms with E-state index in [-0.39, 0.29) is 0 Å². The van der Waals surface area contributed by atoms with Crippen molar-refractivity contribution in [2.45, 2.75) is 39.3 Å². The maximum absolute atomic E-state index is 4.76. The Morgan fingerprint density at radius 2 is 2.46 bits per heavy atom. The zero-order chi connectivity index (χ0) is 9.31. The van der Waals surface area contributed by atoms with Crippen molar-refractivity contribution in [1.82, 2.24) is 10.5 Å². The van der Waals surface area contributed by atoms with Crippen LogP contribution in [0, 0.1) is 5.41 Å². The van der Waals surface area contributed by atoms with E-state index in [1.165, 1.54) is 12.8 Å². The fourth-order valence-electron chi connectivity index (χ4n) is 1.46. The van der Waals surface area contributed by atoms with E-state index in [1.807, 2.05) is 6.07 Å². The zero-order valence-corrected chi connectivity index (χ0v) is 8.21. The topological polar surface area (TPSA) is 38.1 Å². The molecule has 0 amide bonds. The van der Waals surface area contributed by atoms with Crippen LogP contribution in [0.3, 0.4) is 0 Å².